The van der Waals surface area contributed by atoms with E-state index in [1.165, 1.54) is 0 Å². The zero-order valence-electron chi connectivity index (χ0n) is 21.0. The van der Waals surface area contributed by atoms with Crippen LogP contribution in [0, 0.1) is 0 Å². The van der Waals surface area contributed by atoms with Gasteiger partial charge in [-0.25, -0.2) is 4.79 Å². The number of aliphatic imine (C=N–C) groups is 1. The molecule has 0 saturated carbocycles. The summed E-state index contributed by atoms with van der Waals surface area (Å²) in [5.74, 6) is -1.22. The van der Waals surface area contributed by atoms with Crippen LogP contribution in [0.3, 0.4) is 0 Å². The van der Waals surface area contributed by atoms with Gasteiger partial charge in [0, 0.05) is 48.9 Å². The number of pyridine rings is 1. The number of carboxylic acids is 1. The number of aromatic hydroxyl groups is 1. The number of likely N-dealkylation sites (N-methyl/N-ethyl adjacent to an activating group) is 1. The van der Waals surface area contributed by atoms with E-state index >= 15 is 0 Å². The number of piperazine rings is 1. The summed E-state index contributed by atoms with van der Waals surface area (Å²) in [5.41, 5.74) is 3.81. The Morgan fingerprint density at radius 1 is 0.895 bits per heavy atom. The lowest BCUT2D eigenvalue weighted by Gasteiger charge is -2.34. The van der Waals surface area contributed by atoms with E-state index in [4.69, 9.17) is 5.11 Å². The van der Waals surface area contributed by atoms with Gasteiger partial charge in [-0.1, -0.05) is 30.4 Å². The Kier molecular flexibility index (Phi) is 7.06. The fraction of sp³-hybridized carbons (Fsp3) is 0.167. The first kappa shape index (κ1) is 25.0. The van der Waals surface area contributed by atoms with E-state index in [1.807, 2.05) is 36.4 Å². The summed E-state index contributed by atoms with van der Waals surface area (Å²) in [5, 5.41) is 20.6. The molecule has 3 aromatic carbocycles. The molecule has 4 aromatic rings. The largest absolute Gasteiger partial charge is 0.494 e. The molecule has 1 saturated heterocycles. The molecule has 0 bridgehead atoms. The van der Waals surface area contributed by atoms with Crippen molar-refractivity contribution in [3.8, 4) is 5.88 Å². The summed E-state index contributed by atoms with van der Waals surface area (Å²) < 4.78 is 0. The van der Waals surface area contributed by atoms with Crippen LogP contribution in [0.25, 0.3) is 22.9 Å². The topological polar surface area (TPSA) is 109 Å². The maximum atomic E-state index is 12.5. The third-order valence-electron chi connectivity index (χ3n) is 6.75. The van der Waals surface area contributed by atoms with Gasteiger partial charge in [0.2, 0.25) is 5.88 Å². The lowest BCUT2D eigenvalue weighted by Crippen LogP contribution is -2.44. The number of aromatic nitrogens is 1. The van der Waals surface area contributed by atoms with Gasteiger partial charge in [0.15, 0.2) is 0 Å². The molecule has 1 aromatic heterocycles. The number of benzene rings is 3. The number of hydrogen-bond acceptors (Lipinski definition) is 6. The third kappa shape index (κ3) is 5.50. The van der Waals surface area contributed by atoms with Gasteiger partial charge in [-0.15, -0.1) is 0 Å². The SMILES string of the molecule is CN1CCN(c2ccc(N=Cc3c(O)[nH]c(=O)c4ccc(/C=C/c5ccc(C(=O)O)cc5)cc34)cc2)CC1. The van der Waals surface area contributed by atoms with Crippen LogP contribution in [-0.2, 0) is 0 Å². The number of carboxylic acid groups (broad SMARTS) is 1. The smallest absolute Gasteiger partial charge is 0.335 e. The Bertz CT molecular complexity index is 1580. The number of aromatic amines is 1. The minimum absolute atomic E-state index is 0.223. The normalized spacial score (nSPS) is 14.6. The minimum atomic E-state index is -0.972. The number of nitrogens with one attached hydrogen (secondary N) is 1. The predicted octanol–water partition coefficient (Wildman–Crippen LogP) is 4.60. The van der Waals surface area contributed by atoms with Gasteiger partial charge in [0.05, 0.1) is 16.8 Å². The van der Waals surface area contributed by atoms with Crippen LogP contribution in [0.4, 0.5) is 11.4 Å². The summed E-state index contributed by atoms with van der Waals surface area (Å²) in [6.45, 7) is 4.04. The molecule has 192 valence electrons. The molecule has 1 aliphatic rings. The molecular weight excluding hydrogens is 480 g/mol. The highest BCUT2D eigenvalue weighted by molar-refractivity contribution is 6.02. The number of anilines is 1. The molecule has 5 rings (SSSR count). The maximum absolute atomic E-state index is 12.5. The van der Waals surface area contributed by atoms with Gasteiger partial charge in [0.25, 0.3) is 5.56 Å². The fourth-order valence-corrected chi connectivity index (χ4v) is 4.47. The zero-order chi connectivity index (χ0) is 26.6. The Hall–Kier alpha value is -4.69. The number of hydrogen-bond donors (Lipinski definition) is 3. The molecule has 8 heteroatoms. The van der Waals surface area contributed by atoms with Gasteiger partial charge in [-0.3, -0.25) is 14.8 Å². The van der Waals surface area contributed by atoms with Crippen molar-refractivity contribution >= 4 is 46.5 Å². The van der Waals surface area contributed by atoms with E-state index < -0.39 is 5.97 Å². The molecule has 0 spiro atoms. The van der Waals surface area contributed by atoms with E-state index in [1.54, 1.807) is 36.5 Å². The van der Waals surface area contributed by atoms with Gasteiger partial charge in [-0.2, -0.15) is 0 Å². The quantitative estimate of drug-likeness (QED) is 0.259. The summed E-state index contributed by atoms with van der Waals surface area (Å²) in [6, 6.07) is 19.9. The second-order valence-corrected chi connectivity index (χ2v) is 9.35. The molecule has 3 N–H and O–H groups in total. The molecule has 0 unspecified atom stereocenters. The predicted molar refractivity (Wildman–Crippen MR) is 152 cm³/mol. The van der Waals surface area contributed by atoms with Gasteiger partial charge >= 0.3 is 5.97 Å². The van der Waals surface area contributed by atoms with Crippen LogP contribution in [-0.4, -0.2) is 65.5 Å². The summed E-state index contributed by atoms with van der Waals surface area (Å²) in [6.07, 6.45) is 5.29. The number of nitrogens with zero attached hydrogens (tertiary/aromatic N) is 3. The van der Waals surface area contributed by atoms with Crippen molar-refractivity contribution in [3.63, 3.8) is 0 Å². The fourth-order valence-electron chi connectivity index (χ4n) is 4.47. The molecule has 8 nitrogen and oxygen atoms in total. The first-order valence-corrected chi connectivity index (χ1v) is 12.4. The number of rotatable bonds is 6. The first-order chi connectivity index (χ1) is 18.4. The van der Waals surface area contributed by atoms with E-state index in [0.29, 0.717) is 16.3 Å². The van der Waals surface area contributed by atoms with E-state index in [9.17, 15) is 14.7 Å². The van der Waals surface area contributed by atoms with Gasteiger partial charge in [0.1, 0.15) is 0 Å². The van der Waals surface area contributed by atoms with Crippen LogP contribution in [0.5, 0.6) is 5.88 Å². The van der Waals surface area contributed by atoms with Gasteiger partial charge in [-0.05, 0) is 66.7 Å². The summed E-state index contributed by atoms with van der Waals surface area (Å²) >= 11 is 0. The highest BCUT2D eigenvalue weighted by Crippen LogP contribution is 2.25. The van der Waals surface area contributed by atoms with Crippen molar-refractivity contribution in [2.45, 2.75) is 0 Å². The van der Waals surface area contributed by atoms with Crippen molar-refractivity contribution in [2.24, 2.45) is 4.99 Å². The van der Waals surface area contributed by atoms with Crippen LogP contribution < -0.4 is 10.5 Å². The van der Waals surface area contributed by atoms with Crippen molar-refractivity contribution < 1.29 is 15.0 Å². The number of fused-ring (bicyclic) bond motifs is 1. The molecule has 2 heterocycles. The molecule has 1 fully saturated rings. The summed E-state index contributed by atoms with van der Waals surface area (Å²) in [4.78, 5) is 35.3. The van der Waals surface area contributed by atoms with Crippen LogP contribution >= 0.6 is 0 Å². The lowest BCUT2D eigenvalue weighted by molar-refractivity contribution is 0.0697. The molecule has 38 heavy (non-hydrogen) atoms. The van der Waals surface area contributed by atoms with E-state index in [0.717, 1.165) is 48.7 Å². The Morgan fingerprint density at radius 2 is 1.55 bits per heavy atom. The van der Waals surface area contributed by atoms with E-state index in [2.05, 4.69) is 39.0 Å². The Balaban J connectivity index is 1.41. The van der Waals surface area contributed by atoms with E-state index in [-0.39, 0.29) is 17.0 Å². The minimum Gasteiger partial charge on any atom is -0.494 e. The average Bonchev–Trinajstić information content (AvgIpc) is 2.92. The Labute approximate surface area is 219 Å². The summed E-state index contributed by atoms with van der Waals surface area (Å²) in [7, 11) is 2.13. The highest BCUT2D eigenvalue weighted by Gasteiger charge is 2.14. The zero-order valence-corrected chi connectivity index (χ0v) is 21.0. The Morgan fingerprint density at radius 3 is 2.24 bits per heavy atom. The first-order valence-electron chi connectivity index (χ1n) is 12.4. The molecule has 1 aliphatic heterocycles. The number of carbonyl (C=O) groups is 1. The monoisotopic (exact) mass is 508 g/mol. The third-order valence-corrected chi connectivity index (χ3v) is 6.75. The molecular formula is C30H28N4O4. The molecule has 0 atom stereocenters. The second kappa shape index (κ2) is 10.7. The maximum Gasteiger partial charge on any atom is 0.335 e. The molecule has 0 aliphatic carbocycles. The molecule has 0 amide bonds. The van der Waals surface area contributed by atoms with Crippen LogP contribution in [0.1, 0.15) is 27.0 Å². The standard InChI is InChI=1S/C30H28N4O4/c1-33-14-16-34(17-15-33)24-11-9-23(10-12-24)31-19-27-26-18-21(6-13-25(26)28(35)32-29(27)36)3-2-20-4-7-22(8-5-20)30(37)38/h2-13,18-19H,14-17H2,1H3,(H,37,38)(H2,32,35,36)/b3-2+,31-19?. The molecule has 0 radical (unpaired) electrons. The number of H-pyrrole nitrogens is 1. The second-order valence-electron chi connectivity index (χ2n) is 9.35. The van der Waals surface area contributed by atoms with Crippen LogP contribution in [0.15, 0.2) is 76.5 Å². The van der Waals surface area contributed by atoms with Crippen molar-refractivity contribution in [3.05, 3.63) is 99.3 Å². The number of aromatic carboxylic acids is 1. The highest BCUT2D eigenvalue weighted by atomic mass is 16.4. The average molecular weight is 509 g/mol. The van der Waals surface area contributed by atoms with Crippen LogP contribution in [0.2, 0.25) is 0 Å². The van der Waals surface area contributed by atoms with Gasteiger partial charge < -0.3 is 20.0 Å². The van der Waals surface area contributed by atoms with Crippen molar-refractivity contribution in [1.29, 1.82) is 0 Å². The lowest BCUT2D eigenvalue weighted by atomic mass is 10.0. The van der Waals surface area contributed by atoms with Crippen molar-refractivity contribution in [1.82, 2.24) is 9.88 Å². The van der Waals surface area contributed by atoms with Crippen molar-refractivity contribution in [2.75, 3.05) is 38.1 Å².